The SMILES string of the molecule is CCNC(=O)C1(Cc2ccc(-c3ccccc3F)cc2)CCN(C(=O)C[C@H]2C=CCC2)CC1. The summed E-state index contributed by atoms with van der Waals surface area (Å²) < 4.78 is 14.1. The van der Waals surface area contributed by atoms with Gasteiger partial charge in [0.15, 0.2) is 0 Å². The highest BCUT2D eigenvalue weighted by atomic mass is 19.1. The van der Waals surface area contributed by atoms with Gasteiger partial charge in [0, 0.05) is 31.6 Å². The summed E-state index contributed by atoms with van der Waals surface area (Å²) in [6, 6.07) is 14.6. The smallest absolute Gasteiger partial charge is 0.226 e. The van der Waals surface area contributed by atoms with Gasteiger partial charge in [-0.3, -0.25) is 9.59 Å². The second kappa shape index (κ2) is 10.3. The zero-order valence-electron chi connectivity index (χ0n) is 19.4. The molecule has 174 valence electrons. The molecule has 0 saturated carbocycles. The Morgan fingerprint density at radius 2 is 1.82 bits per heavy atom. The first-order chi connectivity index (χ1) is 16.0. The highest BCUT2D eigenvalue weighted by Crippen LogP contribution is 2.37. The van der Waals surface area contributed by atoms with Gasteiger partial charge in [-0.05, 0) is 62.1 Å². The fraction of sp³-hybridized carbons (Fsp3) is 0.429. The molecule has 33 heavy (non-hydrogen) atoms. The molecule has 0 spiro atoms. The molecule has 1 saturated heterocycles. The molecule has 1 atom stereocenters. The fourth-order valence-corrected chi connectivity index (χ4v) is 5.12. The number of halogens is 1. The molecule has 2 aromatic rings. The van der Waals surface area contributed by atoms with E-state index < -0.39 is 5.41 Å². The van der Waals surface area contributed by atoms with Crippen LogP contribution in [0.25, 0.3) is 11.1 Å². The Morgan fingerprint density at radius 1 is 1.09 bits per heavy atom. The highest BCUT2D eigenvalue weighted by molar-refractivity contribution is 5.84. The third-order valence-electron chi connectivity index (χ3n) is 7.12. The van der Waals surface area contributed by atoms with Crippen LogP contribution >= 0.6 is 0 Å². The molecule has 2 amide bonds. The van der Waals surface area contributed by atoms with Crippen LogP contribution in [0.15, 0.2) is 60.7 Å². The summed E-state index contributed by atoms with van der Waals surface area (Å²) in [7, 11) is 0. The van der Waals surface area contributed by atoms with Gasteiger partial charge in [0.05, 0.1) is 5.41 Å². The second-order valence-corrected chi connectivity index (χ2v) is 9.34. The Bertz CT molecular complexity index is 1010. The maximum absolute atomic E-state index is 14.1. The molecule has 1 aliphatic carbocycles. The molecule has 1 heterocycles. The summed E-state index contributed by atoms with van der Waals surface area (Å²) in [5.74, 6) is 0.383. The molecule has 1 aliphatic heterocycles. The van der Waals surface area contributed by atoms with Crippen LogP contribution in [0, 0.1) is 17.2 Å². The van der Waals surface area contributed by atoms with Crippen LogP contribution in [0.5, 0.6) is 0 Å². The molecule has 0 unspecified atom stereocenters. The lowest BCUT2D eigenvalue weighted by Crippen LogP contribution is -2.51. The molecule has 1 N–H and O–H groups in total. The summed E-state index contributed by atoms with van der Waals surface area (Å²) in [4.78, 5) is 27.9. The normalized spacial score (nSPS) is 19.5. The van der Waals surface area contributed by atoms with Gasteiger partial charge in [0.2, 0.25) is 11.8 Å². The molecule has 4 rings (SSSR count). The van der Waals surface area contributed by atoms with Crippen LogP contribution in [0.3, 0.4) is 0 Å². The molecule has 4 nitrogen and oxygen atoms in total. The first-order valence-electron chi connectivity index (χ1n) is 12.1. The number of likely N-dealkylation sites (tertiary alicyclic amines) is 1. The number of rotatable bonds is 7. The number of nitrogens with one attached hydrogen (secondary N) is 1. The fourth-order valence-electron chi connectivity index (χ4n) is 5.12. The minimum Gasteiger partial charge on any atom is -0.356 e. The third kappa shape index (κ3) is 5.35. The summed E-state index contributed by atoms with van der Waals surface area (Å²) in [6.07, 6.45) is 8.93. The van der Waals surface area contributed by atoms with Crippen molar-refractivity contribution in [1.29, 1.82) is 0 Å². The van der Waals surface area contributed by atoms with Gasteiger partial charge in [-0.1, -0.05) is 54.6 Å². The molecular formula is C28H33FN2O2. The van der Waals surface area contributed by atoms with Crippen LogP contribution in [-0.2, 0) is 16.0 Å². The lowest BCUT2D eigenvalue weighted by Gasteiger charge is -2.41. The Kier molecular flexibility index (Phi) is 7.26. The maximum atomic E-state index is 14.1. The maximum Gasteiger partial charge on any atom is 0.226 e. The van der Waals surface area contributed by atoms with Gasteiger partial charge in [-0.25, -0.2) is 4.39 Å². The molecule has 1 fully saturated rings. The largest absolute Gasteiger partial charge is 0.356 e. The summed E-state index contributed by atoms with van der Waals surface area (Å²) >= 11 is 0. The zero-order valence-corrected chi connectivity index (χ0v) is 19.4. The van der Waals surface area contributed by atoms with Crippen LogP contribution in [-0.4, -0.2) is 36.3 Å². The van der Waals surface area contributed by atoms with Gasteiger partial charge < -0.3 is 10.2 Å². The van der Waals surface area contributed by atoms with Crippen LogP contribution < -0.4 is 5.32 Å². The van der Waals surface area contributed by atoms with E-state index in [9.17, 15) is 14.0 Å². The van der Waals surface area contributed by atoms with E-state index in [-0.39, 0.29) is 17.6 Å². The Balaban J connectivity index is 1.45. The van der Waals surface area contributed by atoms with E-state index in [0.717, 1.165) is 24.0 Å². The van der Waals surface area contributed by atoms with Crippen molar-refractivity contribution in [3.05, 3.63) is 72.1 Å². The number of benzene rings is 2. The van der Waals surface area contributed by atoms with Crippen molar-refractivity contribution in [3.8, 4) is 11.1 Å². The number of piperidine rings is 1. The summed E-state index contributed by atoms with van der Waals surface area (Å²) in [6.45, 7) is 3.74. The average Bonchev–Trinajstić information content (AvgIpc) is 3.34. The number of amides is 2. The number of hydrogen-bond acceptors (Lipinski definition) is 2. The Hall–Kier alpha value is -2.95. The molecule has 0 bridgehead atoms. The van der Waals surface area contributed by atoms with E-state index in [1.54, 1.807) is 12.1 Å². The number of carbonyl (C=O) groups excluding carboxylic acids is 2. The third-order valence-corrected chi connectivity index (χ3v) is 7.12. The lowest BCUT2D eigenvalue weighted by atomic mass is 9.72. The molecule has 0 radical (unpaired) electrons. The van der Waals surface area contributed by atoms with Gasteiger partial charge in [0.1, 0.15) is 5.82 Å². The summed E-state index contributed by atoms with van der Waals surface area (Å²) in [5.41, 5.74) is 1.92. The van der Waals surface area contributed by atoms with E-state index >= 15 is 0 Å². The van der Waals surface area contributed by atoms with Gasteiger partial charge in [-0.2, -0.15) is 0 Å². The lowest BCUT2D eigenvalue weighted by molar-refractivity contribution is -0.141. The van der Waals surface area contributed by atoms with E-state index in [2.05, 4.69) is 17.5 Å². The van der Waals surface area contributed by atoms with Crippen molar-refractivity contribution < 1.29 is 14.0 Å². The number of hydrogen-bond donors (Lipinski definition) is 1. The topological polar surface area (TPSA) is 49.4 Å². The summed E-state index contributed by atoms with van der Waals surface area (Å²) in [5, 5.41) is 3.02. The second-order valence-electron chi connectivity index (χ2n) is 9.34. The van der Waals surface area contributed by atoms with Crippen molar-refractivity contribution in [2.24, 2.45) is 11.3 Å². The van der Waals surface area contributed by atoms with E-state index in [0.29, 0.717) is 56.8 Å². The van der Waals surface area contributed by atoms with Gasteiger partial charge in [0.25, 0.3) is 0 Å². The van der Waals surface area contributed by atoms with Crippen LogP contribution in [0.1, 0.15) is 44.6 Å². The quantitative estimate of drug-likeness (QED) is 0.597. The average molecular weight is 449 g/mol. The van der Waals surface area contributed by atoms with Crippen LogP contribution in [0.4, 0.5) is 4.39 Å². The number of allylic oxidation sites excluding steroid dienone is 2. The molecule has 2 aromatic carbocycles. The minimum atomic E-state index is -0.528. The Morgan fingerprint density at radius 3 is 2.45 bits per heavy atom. The predicted octanol–water partition coefficient (Wildman–Crippen LogP) is 5.14. The predicted molar refractivity (Wildman–Crippen MR) is 129 cm³/mol. The molecule has 2 aliphatic rings. The highest BCUT2D eigenvalue weighted by Gasteiger charge is 2.42. The first kappa shape index (κ1) is 23.2. The van der Waals surface area contributed by atoms with E-state index in [4.69, 9.17) is 0 Å². The monoisotopic (exact) mass is 448 g/mol. The van der Waals surface area contributed by atoms with Gasteiger partial charge in [-0.15, -0.1) is 0 Å². The van der Waals surface area contributed by atoms with E-state index in [1.165, 1.54) is 6.07 Å². The van der Waals surface area contributed by atoms with Crippen molar-refractivity contribution in [2.75, 3.05) is 19.6 Å². The van der Waals surface area contributed by atoms with Crippen molar-refractivity contribution in [2.45, 2.75) is 45.4 Å². The number of nitrogens with zero attached hydrogens (tertiary/aromatic N) is 1. The van der Waals surface area contributed by atoms with Crippen LogP contribution in [0.2, 0.25) is 0 Å². The Labute approximate surface area is 195 Å². The number of carbonyl (C=O) groups is 2. The molecule has 0 aromatic heterocycles. The van der Waals surface area contributed by atoms with Crippen molar-refractivity contribution in [1.82, 2.24) is 10.2 Å². The minimum absolute atomic E-state index is 0.0639. The van der Waals surface area contributed by atoms with Crippen molar-refractivity contribution in [3.63, 3.8) is 0 Å². The first-order valence-corrected chi connectivity index (χ1v) is 12.1. The standard InChI is InChI=1S/C28H33FN2O2/c1-2-30-27(33)28(15-17-31(18-16-28)26(32)19-21-7-3-4-8-21)20-22-11-13-23(14-12-22)24-9-5-6-10-25(24)29/h3,5-7,9-14,21H,2,4,8,15-20H2,1H3,(H,30,33)/t21-/m0/s1. The molecule has 5 heteroatoms. The zero-order chi connectivity index (χ0) is 23.3. The van der Waals surface area contributed by atoms with Crippen molar-refractivity contribution >= 4 is 11.8 Å². The van der Waals surface area contributed by atoms with E-state index in [1.807, 2.05) is 42.2 Å². The molecular weight excluding hydrogens is 415 g/mol. The van der Waals surface area contributed by atoms with Gasteiger partial charge >= 0.3 is 0 Å².